The number of amides is 1. The molecule has 1 amide bonds. The zero-order chi connectivity index (χ0) is 20.5. The van der Waals surface area contributed by atoms with Crippen LogP contribution in [0.25, 0.3) is 16.6 Å². The van der Waals surface area contributed by atoms with E-state index in [-0.39, 0.29) is 5.91 Å². The molecule has 8 heteroatoms. The number of piperazine rings is 1. The van der Waals surface area contributed by atoms with Crippen LogP contribution in [0, 0.1) is 6.92 Å². The molecule has 0 N–H and O–H groups in total. The third-order valence-corrected chi connectivity index (χ3v) is 5.36. The highest BCUT2D eigenvalue weighted by Gasteiger charge is 2.25. The van der Waals surface area contributed by atoms with Gasteiger partial charge in [-0.2, -0.15) is 5.10 Å². The minimum absolute atomic E-state index is 0.0260. The Morgan fingerprint density at radius 2 is 1.67 bits per heavy atom. The van der Waals surface area contributed by atoms with Gasteiger partial charge >= 0.3 is 0 Å². The average Bonchev–Trinajstić information content (AvgIpc) is 3.25. The second kappa shape index (κ2) is 7.55. The van der Waals surface area contributed by atoms with E-state index in [1.54, 1.807) is 10.9 Å². The Bertz CT molecular complexity index is 1190. The zero-order valence-electron chi connectivity index (χ0n) is 16.6. The molecule has 4 heterocycles. The number of pyridine rings is 1. The van der Waals surface area contributed by atoms with E-state index in [0.29, 0.717) is 37.7 Å². The number of fused-ring (bicyclic) bond motifs is 1. The topological polar surface area (TPSA) is 80.0 Å². The van der Waals surface area contributed by atoms with E-state index >= 15 is 0 Å². The molecule has 0 saturated carbocycles. The van der Waals surface area contributed by atoms with Gasteiger partial charge < -0.3 is 9.80 Å². The Balaban J connectivity index is 1.27. The average molecular weight is 399 g/mol. The predicted molar refractivity (Wildman–Crippen MR) is 114 cm³/mol. The zero-order valence-corrected chi connectivity index (χ0v) is 16.6. The summed E-state index contributed by atoms with van der Waals surface area (Å²) in [5.41, 5.74) is 1.45. The first-order valence-electron chi connectivity index (χ1n) is 9.93. The Morgan fingerprint density at radius 3 is 2.40 bits per heavy atom. The number of nitrogens with zero attached hydrogens (tertiary/aromatic N) is 7. The van der Waals surface area contributed by atoms with Crippen LogP contribution in [0.2, 0.25) is 0 Å². The van der Waals surface area contributed by atoms with E-state index in [1.165, 1.54) is 0 Å². The molecule has 30 heavy (non-hydrogen) atoms. The van der Waals surface area contributed by atoms with Gasteiger partial charge in [-0.1, -0.05) is 24.3 Å². The monoisotopic (exact) mass is 399 g/mol. The Labute approximate surface area is 173 Å². The van der Waals surface area contributed by atoms with Crippen LogP contribution in [-0.2, 0) is 0 Å². The summed E-state index contributed by atoms with van der Waals surface area (Å²) in [7, 11) is 0. The third-order valence-electron chi connectivity index (χ3n) is 5.36. The molecule has 0 bridgehead atoms. The van der Waals surface area contributed by atoms with Gasteiger partial charge in [-0.15, -0.1) is 10.2 Å². The number of hydrogen-bond donors (Lipinski definition) is 0. The van der Waals surface area contributed by atoms with Crippen molar-refractivity contribution in [3.8, 4) is 5.82 Å². The van der Waals surface area contributed by atoms with Gasteiger partial charge in [0.05, 0.1) is 5.69 Å². The second-order valence-corrected chi connectivity index (χ2v) is 7.31. The molecule has 1 fully saturated rings. The molecule has 5 rings (SSSR count). The molecule has 1 aromatic carbocycles. The van der Waals surface area contributed by atoms with Gasteiger partial charge in [0.1, 0.15) is 5.69 Å². The van der Waals surface area contributed by atoms with Crippen LogP contribution >= 0.6 is 0 Å². The maximum atomic E-state index is 13.1. The summed E-state index contributed by atoms with van der Waals surface area (Å²) in [6, 6.07) is 15.6. The molecule has 1 aliphatic heterocycles. The van der Waals surface area contributed by atoms with Crippen LogP contribution in [0.1, 0.15) is 16.2 Å². The lowest BCUT2D eigenvalue weighted by Crippen LogP contribution is -2.49. The van der Waals surface area contributed by atoms with Crippen LogP contribution in [0.5, 0.6) is 0 Å². The van der Waals surface area contributed by atoms with Crippen LogP contribution in [0.3, 0.4) is 0 Å². The Kier molecular flexibility index (Phi) is 4.59. The first kappa shape index (κ1) is 18.2. The number of aryl methyl sites for hydroxylation is 1. The van der Waals surface area contributed by atoms with E-state index in [9.17, 15) is 4.79 Å². The number of aromatic nitrogens is 5. The SMILES string of the molecule is Cc1ccn(-c2ccc(N3CCN(C(=O)c4nccc5ccccc45)CC3)nn2)n1. The summed E-state index contributed by atoms with van der Waals surface area (Å²) in [5, 5.41) is 14.9. The van der Waals surface area contributed by atoms with Crippen molar-refractivity contribution in [2.45, 2.75) is 6.92 Å². The highest BCUT2D eigenvalue weighted by atomic mass is 16.2. The normalized spacial score (nSPS) is 14.3. The molecule has 1 saturated heterocycles. The lowest BCUT2D eigenvalue weighted by molar-refractivity contribution is 0.0743. The summed E-state index contributed by atoms with van der Waals surface area (Å²) in [4.78, 5) is 21.4. The van der Waals surface area contributed by atoms with Crippen LogP contribution in [0.15, 0.2) is 60.9 Å². The van der Waals surface area contributed by atoms with Gasteiger partial charge in [-0.3, -0.25) is 9.78 Å². The number of hydrogen-bond acceptors (Lipinski definition) is 6. The standard InChI is InChI=1S/C22H21N7O/c1-16-9-11-29(26-16)20-7-6-19(24-25-20)27-12-14-28(15-13-27)22(30)21-18-5-3-2-4-17(18)8-10-23-21/h2-11H,12-15H2,1H3. The quantitative estimate of drug-likeness (QED) is 0.527. The molecule has 8 nitrogen and oxygen atoms in total. The molecule has 0 unspecified atom stereocenters. The molecule has 0 spiro atoms. The van der Waals surface area contributed by atoms with Crippen molar-refractivity contribution >= 4 is 22.5 Å². The van der Waals surface area contributed by atoms with Crippen molar-refractivity contribution in [1.82, 2.24) is 29.9 Å². The summed E-state index contributed by atoms with van der Waals surface area (Å²) in [6.45, 7) is 4.57. The molecule has 3 aromatic heterocycles. The largest absolute Gasteiger partial charge is 0.352 e. The molecule has 0 aliphatic carbocycles. The fourth-order valence-electron chi connectivity index (χ4n) is 3.73. The minimum Gasteiger partial charge on any atom is -0.352 e. The van der Waals surface area contributed by atoms with Crippen molar-refractivity contribution in [3.05, 3.63) is 72.3 Å². The third kappa shape index (κ3) is 3.36. The summed E-state index contributed by atoms with van der Waals surface area (Å²) >= 11 is 0. The number of carbonyl (C=O) groups is 1. The summed E-state index contributed by atoms with van der Waals surface area (Å²) in [6.07, 6.45) is 3.56. The molecule has 1 aliphatic rings. The van der Waals surface area contributed by atoms with Gasteiger partial charge in [0.2, 0.25) is 0 Å². The van der Waals surface area contributed by atoms with Crippen LogP contribution in [0.4, 0.5) is 5.82 Å². The highest BCUT2D eigenvalue weighted by molar-refractivity contribution is 6.05. The van der Waals surface area contributed by atoms with Crippen molar-refractivity contribution in [3.63, 3.8) is 0 Å². The van der Waals surface area contributed by atoms with Crippen molar-refractivity contribution < 1.29 is 4.79 Å². The number of anilines is 1. The number of rotatable bonds is 3. The van der Waals surface area contributed by atoms with Crippen molar-refractivity contribution in [1.29, 1.82) is 0 Å². The smallest absolute Gasteiger partial charge is 0.273 e. The summed E-state index contributed by atoms with van der Waals surface area (Å²) < 4.78 is 1.71. The van der Waals surface area contributed by atoms with Gasteiger partial charge in [-0.25, -0.2) is 4.68 Å². The molecule has 150 valence electrons. The Hall–Kier alpha value is -3.81. The predicted octanol–water partition coefficient (Wildman–Crippen LogP) is 2.48. The van der Waals surface area contributed by atoms with Crippen LogP contribution < -0.4 is 4.90 Å². The fourth-order valence-corrected chi connectivity index (χ4v) is 3.73. The van der Waals surface area contributed by atoms with Gasteiger partial charge in [-0.05, 0) is 36.6 Å². The van der Waals surface area contributed by atoms with E-state index in [0.717, 1.165) is 22.3 Å². The van der Waals surface area contributed by atoms with Crippen molar-refractivity contribution in [2.75, 3.05) is 31.1 Å². The fraction of sp³-hybridized carbons (Fsp3) is 0.227. The van der Waals surface area contributed by atoms with Crippen molar-refractivity contribution in [2.24, 2.45) is 0 Å². The molecular weight excluding hydrogens is 378 g/mol. The van der Waals surface area contributed by atoms with E-state index < -0.39 is 0 Å². The number of carbonyl (C=O) groups excluding carboxylic acids is 1. The number of benzene rings is 1. The lowest BCUT2D eigenvalue weighted by Gasteiger charge is -2.35. The van der Waals surface area contributed by atoms with Gasteiger partial charge in [0.25, 0.3) is 5.91 Å². The molecule has 4 aromatic rings. The molecular formula is C22H21N7O. The Morgan fingerprint density at radius 1 is 0.900 bits per heavy atom. The van der Waals surface area contributed by atoms with Crippen LogP contribution in [-0.4, -0.2) is 61.9 Å². The molecule has 0 atom stereocenters. The maximum Gasteiger partial charge on any atom is 0.273 e. The molecule has 0 radical (unpaired) electrons. The van der Waals surface area contributed by atoms with E-state index in [2.05, 4.69) is 25.2 Å². The van der Waals surface area contributed by atoms with E-state index in [1.807, 2.05) is 66.6 Å². The summed E-state index contributed by atoms with van der Waals surface area (Å²) in [5.74, 6) is 1.46. The second-order valence-electron chi connectivity index (χ2n) is 7.31. The van der Waals surface area contributed by atoms with Gasteiger partial charge in [0.15, 0.2) is 11.6 Å². The first-order valence-corrected chi connectivity index (χ1v) is 9.93. The highest BCUT2D eigenvalue weighted by Crippen LogP contribution is 2.20. The van der Waals surface area contributed by atoms with E-state index in [4.69, 9.17) is 0 Å². The first-order chi connectivity index (χ1) is 14.7. The van der Waals surface area contributed by atoms with Gasteiger partial charge in [0, 0.05) is 44.0 Å². The minimum atomic E-state index is -0.0260. The lowest BCUT2D eigenvalue weighted by atomic mass is 10.1. The maximum absolute atomic E-state index is 13.1.